The maximum absolute atomic E-state index is 4.56. The van der Waals surface area contributed by atoms with Crippen LogP contribution in [0.4, 0.5) is 17.5 Å². The van der Waals surface area contributed by atoms with Gasteiger partial charge in [0.15, 0.2) is 0 Å². The first-order chi connectivity index (χ1) is 13.7. The summed E-state index contributed by atoms with van der Waals surface area (Å²) in [5.41, 5.74) is 5.41. The lowest BCUT2D eigenvalue weighted by Gasteiger charge is -2.09. The maximum atomic E-state index is 4.56. The number of aryl methyl sites for hydroxylation is 1. The highest BCUT2D eigenvalue weighted by Gasteiger charge is 2.04. The van der Waals surface area contributed by atoms with E-state index in [1.807, 2.05) is 24.4 Å². The van der Waals surface area contributed by atoms with Gasteiger partial charge in [0.2, 0.25) is 5.95 Å². The zero-order chi connectivity index (χ0) is 18.9. The van der Waals surface area contributed by atoms with Crippen LogP contribution in [0.1, 0.15) is 11.3 Å². The Morgan fingerprint density at radius 3 is 2.86 bits per heavy atom. The van der Waals surface area contributed by atoms with Crippen molar-refractivity contribution in [2.75, 3.05) is 10.6 Å². The molecule has 138 valence electrons. The van der Waals surface area contributed by atoms with Crippen LogP contribution in [0.3, 0.4) is 0 Å². The molecule has 0 aliphatic heterocycles. The fraction of sp³-hybridized carbons (Fsp3) is 0.0952. The number of rotatable bonds is 5. The number of hydrogen-bond donors (Lipinski definition) is 4. The van der Waals surface area contributed by atoms with E-state index in [0.29, 0.717) is 12.5 Å². The second kappa shape index (κ2) is 6.70. The third-order valence-electron chi connectivity index (χ3n) is 4.65. The highest BCUT2D eigenvalue weighted by molar-refractivity contribution is 5.84. The summed E-state index contributed by atoms with van der Waals surface area (Å²) in [6, 6.07) is 16.4. The normalized spacial score (nSPS) is 11.2. The first kappa shape index (κ1) is 16.3. The Labute approximate surface area is 161 Å². The van der Waals surface area contributed by atoms with Crippen LogP contribution in [0.2, 0.25) is 0 Å². The van der Waals surface area contributed by atoms with Gasteiger partial charge in [0.25, 0.3) is 0 Å². The minimum absolute atomic E-state index is 0.557. The van der Waals surface area contributed by atoms with Gasteiger partial charge in [-0.15, -0.1) is 0 Å². The molecule has 0 radical (unpaired) electrons. The molecule has 0 saturated carbocycles. The number of aromatic amines is 2. The second-order valence-electron chi connectivity index (χ2n) is 6.79. The molecule has 28 heavy (non-hydrogen) atoms. The summed E-state index contributed by atoms with van der Waals surface area (Å²) in [7, 11) is 0. The number of nitrogens with zero attached hydrogens (tertiary/aromatic N) is 3. The topological polar surface area (TPSA) is 94.3 Å². The van der Waals surface area contributed by atoms with Crippen molar-refractivity contribution in [2.45, 2.75) is 13.5 Å². The van der Waals surface area contributed by atoms with E-state index in [1.165, 1.54) is 0 Å². The van der Waals surface area contributed by atoms with Gasteiger partial charge in [-0.1, -0.05) is 6.07 Å². The molecule has 5 aromatic rings. The van der Waals surface area contributed by atoms with Gasteiger partial charge in [-0.05, 0) is 55.0 Å². The van der Waals surface area contributed by atoms with Crippen LogP contribution in [-0.4, -0.2) is 25.1 Å². The molecule has 7 heteroatoms. The van der Waals surface area contributed by atoms with E-state index in [9.17, 15) is 0 Å². The molecule has 3 heterocycles. The molecule has 2 aromatic carbocycles. The van der Waals surface area contributed by atoms with Crippen molar-refractivity contribution in [1.29, 1.82) is 0 Å². The summed E-state index contributed by atoms with van der Waals surface area (Å²) >= 11 is 0. The zero-order valence-electron chi connectivity index (χ0n) is 15.3. The maximum Gasteiger partial charge on any atom is 0.229 e. The summed E-state index contributed by atoms with van der Waals surface area (Å²) < 4.78 is 0. The molecular formula is C21H19N7. The van der Waals surface area contributed by atoms with Crippen molar-refractivity contribution in [2.24, 2.45) is 0 Å². The minimum Gasteiger partial charge on any atom is -0.366 e. The van der Waals surface area contributed by atoms with Gasteiger partial charge in [0.05, 0.1) is 11.7 Å². The number of fused-ring (bicyclic) bond motifs is 2. The zero-order valence-corrected chi connectivity index (χ0v) is 15.3. The van der Waals surface area contributed by atoms with Crippen molar-refractivity contribution in [3.05, 3.63) is 72.2 Å². The van der Waals surface area contributed by atoms with Crippen molar-refractivity contribution in [3.63, 3.8) is 0 Å². The van der Waals surface area contributed by atoms with Gasteiger partial charge in [-0.3, -0.25) is 5.10 Å². The summed E-state index contributed by atoms with van der Waals surface area (Å²) in [6.45, 7) is 2.72. The number of nitrogens with one attached hydrogen (secondary N) is 4. The highest BCUT2D eigenvalue weighted by atomic mass is 15.1. The van der Waals surface area contributed by atoms with Crippen molar-refractivity contribution in [1.82, 2.24) is 25.1 Å². The summed E-state index contributed by atoms with van der Waals surface area (Å²) in [5, 5.41) is 15.9. The minimum atomic E-state index is 0.557. The van der Waals surface area contributed by atoms with E-state index in [2.05, 4.69) is 73.0 Å². The van der Waals surface area contributed by atoms with E-state index in [-0.39, 0.29) is 0 Å². The van der Waals surface area contributed by atoms with Crippen molar-refractivity contribution >= 4 is 39.3 Å². The molecule has 0 fully saturated rings. The molecule has 0 unspecified atom stereocenters. The average Bonchev–Trinajstić information content (AvgIpc) is 3.31. The summed E-state index contributed by atoms with van der Waals surface area (Å²) in [5.74, 6) is 1.32. The standard InChI is InChI=1S/C21H19N7/c1-13-8-15-10-17(3-5-18(15)25-13)26-21-22-7-6-20(27-21)23-11-14-2-4-19-16(9-14)12-24-28-19/h2-10,12,25H,11H2,1H3,(H,24,28)(H2,22,23,26,27). The number of aromatic nitrogens is 5. The number of hydrogen-bond acceptors (Lipinski definition) is 5. The Morgan fingerprint density at radius 1 is 0.964 bits per heavy atom. The third kappa shape index (κ3) is 3.25. The first-order valence-electron chi connectivity index (χ1n) is 9.08. The van der Waals surface area contributed by atoms with Gasteiger partial charge in [0.1, 0.15) is 5.82 Å². The molecule has 3 aromatic heterocycles. The van der Waals surface area contributed by atoms with E-state index in [1.54, 1.807) is 6.20 Å². The fourth-order valence-corrected chi connectivity index (χ4v) is 3.30. The molecule has 0 aliphatic carbocycles. The van der Waals surface area contributed by atoms with Crippen LogP contribution in [0.25, 0.3) is 21.8 Å². The average molecular weight is 369 g/mol. The number of benzene rings is 2. The van der Waals surface area contributed by atoms with Crippen LogP contribution in [0.15, 0.2) is 60.9 Å². The second-order valence-corrected chi connectivity index (χ2v) is 6.79. The lowest BCUT2D eigenvalue weighted by Crippen LogP contribution is -2.04. The molecule has 0 saturated heterocycles. The van der Waals surface area contributed by atoms with Gasteiger partial charge in [0, 0.05) is 40.4 Å². The quantitative estimate of drug-likeness (QED) is 0.366. The Kier molecular flexibility index (Phi) is 3.90. The molecule has 0 aliphatic rings. The number of H-pyrrole nitrogens is 2. The van der Waals surface area contributed by atoms with E-state index >= 15 is 0 Å². The summed E-state index contributed by atoms with van der Waals surface area (Å²) in [4.78, 5) is 12.2. The lowest BCUT2D eigenvalue weighted by atomic mass is 10.1. The predicted molar refractivity (Wildman–Crippen MR) is 112 cm³/mol. The van der Waals surface area contributed by atoms with E-state index < -0.39 is 0 Å². The Balaban J connectivity index is 1.30. The number of anilines is 3. The monoisotopic (exact) mass is 369 g/mol. The molecule has 0 atom stereocenters. The SMILES string of the molecule is Cc1cc2cc(Nc3nccc(NCc4ccc5[nH]ncc5c4)n3)ccc2[nH]1. The molecule has 0 bridgehead atoms. The Hall–Kier alpha value is -3.87. The Bertz CT molecular complexity index is 1270. The molecule has 7 nitrogen and oxygen atoms in total. The van der Waals surface area contributed by atoms with Gasteiger partial charge in [-0.25, -0.2) is 4.98 Å². The molecule has 0 spiro atoms. The van der Waals surface area contributed by atoms with Crippen LogP contribution < -0.4 is 10.6 Å². The predicted octanol–water partition coefficient (Wildman–Crippen LogP) is 4.50. The van der Waals surface area contributed by atoms with Crippen molar-refractivity contribution in [3.8, 4) is 0 Å². The first-order valence-corrected chi connectivity index (χ1v) is 9.08. The Morgan fingerprint density at radius 2 is 1.89 bits per heavy atom. The largest absolute Gasteiger partial charge is 0.366 e. The van der Waals surface area contributed by atoms with Crippen LogP contribution in [0, 0.1) is 6.92 Å². The van der Waals surface area contributed by atoms with Gasteiger partial charge in [-0.2, -0.15) is 10.1 Å². The lowest BCUT2D eigenvalue weighted by molar-refractivity contribution is 1.09. The van der Waals surface area contributed by atoms with Crippen molar-refractivity contribution < 1.29 is 0 Å². The highest BCUT2D eigenvalue weighted by Crippen LogP contribution is 2.22. The smallest absolute Gasteiger partial charge is 0.229 e. The van der Waals surface area contributed by atoms with Gasteiger partial charge >= 0.3 is 0 Å². The van der Waals surface area contributed by atoms with Crippen LogP contribution in [-0.2, 0) is 6.54 Å². The molecule has 4 N–H and O–H groups in total. The molecular weight excluding hydrogens is 350 g/mol. The fourth-order valence-electron chi connectivity index (χ4n) is 3.30. The van der Waals surface area contributed by atoms with E-state index in [4.69, 9.17) is 0 Å². The van der Waals surface area contributed by atoms with Crippen LogP contribution in [0.5, 0.6) is 0 Å². The third-order valence-corrected chi connectivity index (χ3v) is 4.65. The summed E-state index contributed by atoms with van der Waals surface area (Å²) in [6.07, 6.45) is 3.57. The molecule has 0 amide bonds. The van der Waals surface area contributed by atoms with Gasteiger partial charge < -0.3 is 15.6 Å². The molecule has 5 rings (SSSR count). The van der Waals surface area contributed by atoms with E-state index in [0.717, 1.165) is 44.6 Å². The van der Waals surface area contributed by atoms with Crippen LogP contribution >= 0.6 is 0 Å².